The topological polar surface area (TPSA) is 72.3 Å². The van der Waals surface area contributed by atoms with Crippen LogP contribution >= 0.6 is 0 Å². The lowest BCUT2D eigenvalue weighted by Crippen LogP contribution is -2.05. The van der Waals surface area contributed by atoms with Crippen LogP contribution in [0.4, 0.5) is 0 Å². The van der Waals surface area contributed by atoms with Crippen LogP contribution in [0.1, 0.15) is 29.7 Å². The molecule has 1 N–H and O–H groups in total. The van der Waals surface area contributed by atoms with E-state index < -0.39 is 5.97 Å². The molecule has 82 valence electrons. The molecule has 5 heteroatoms. The quantitative estimate of drug-likeness (QED) is 0.713. The smallest absolute Gasteiger partial charge is 0.354 e. The second kappa shape index (κ2) is 6.08. The zero-order chi connectivity index (χ0) is 11.1. The van der Waals surface area contributed by atoms with Crippen LogP contribution in [0.3, 0.4) is 0 Å². The molecular weight excluding hydrogens is 196 g/mol. The van der Waals surface area contributed by atoms with Crippen LogP contribution < -0.4 is 0 Å². The Hall–Kier alpha value is -1.49. The van der Waals surface area contributed by atoms with E-state index in [0.717, 1.165) is 6.42 Å². The first-order valence-corrected chi connectivity index (χ1v) is 4.87. The Morgan fingerprint density at radius 3 is 3.07 bits per heavy atom. The van der Waals surface area contributed by atoms with E-state index in [-0.39, 0.29) is 5.69 Å². The van der Waals surface area contributed by atoms with Gasteiger partial charge in [-0.05, 0) is 19.4 Å². The van der Waals surface area contributed by atoms with Crippen molar-refractivity contribution in [3.05, 3.63) is 23.8 Å². The van der Waals surface area contributed by atoms with Gasteiger partial charge in [0.15, 0.2) is 5.69 Å². The number of rotatable bonds is 6. The van der Waals surface area contributed by atoms with E-state index in [1.54, 1.807) is 0 Å². The number of aromatic carboxylic acids is 1. The van der Waals surface area contributed by atoms with Gasteiger partial charge in [-0.15, -0.1) is 0 Å². The summed E-state index contributed by atoms with van der Waals surface area (Å²) in [5.41, 5.74) is 0.0383. The molecule has 0 aliphatic heterocycles. The summed E-state index contributed by atoms with van der Waals surface area (Å²) in [5.74, 6) is -0.474. The first-order valence-electron chi connectivity index (χ1n) is 4.87. The predicted molar refractivity (Wildman–Crippen MR) is 53.8 cm³/mol. The first-order chi connectivity index (χ1) is 7.24. The molecule has 0 aliphatic carbocycles. The van der Waals surface area contributed by atoms with Gasteiger partial charge in [-0.2, -0.15) is 0 Å². The Kier molecular flexibility index (Phi) is 4.70. The summed E-state index contributed by atoms with van der Waals surface area (Å²) < 4.78 is 5.16. The minimum atomic E-state index is -1.02. The van der Waals surface area contributed by atoms with Gasteiger partial charge in [0.05, 0.1) is 0 Å². The predicted octanol–water partition coefficient (Wildman–Crippen LogP) is 1.14. The van der Waals surface area contributed by atoms with Gasteiger partial charge >= 0.3 is 5.97 Å². The average Bonchev–Trinajstić information content (AvgIpc) is 2.25. The zero-order valence-electron chi connectivity index (χ0n) is 8.64. The fraction of sp³-hybridized carbons (Fsp3) is 0.500. The van der Waals surface area contributed by atoms with Gasteiger partial charge < -0.3 is 9.84 Å². The second-order valence-electron chi connectivity index (χ2n) is 2.96. The maximum absolute atomic E-state index is 10.6. The van der Waals surface area contributed by atoms with E-state index in [1.165, 1.54) is 12.3 Å². The number of carboxylic acids is 1. The lowest BCUT2D eigenvalue weighted by molar-refractivity contribution is 0.0690. The van der Waals surface area contributed by atoms with Gasteiger partial charge in [-0.1, -0.05) is 0 Å². The summed E-state index contributed by atoms with van der Waals surface area (Å²) in [7, 11) is 0. The van der Waals surface area contributed by atoms with Gasteiger partial charge in [-0.25, -0.2) is 14.8 Å². The number of aromatic nitrogens is 2. The Bertz CT molecular complexity index is 328. The van der Waals surface area contributed by atoms with Crippen molar-refractivity contribution < 1.29 is 14.6 Å². The molecular formula is C10H14N2O3. The monoisotopic (exact) mass is 210 g/mol. The van der Waals surface area contributed by atoms with Crippen molar-refractivity contribution in [1.29, 1.82) is 0 Å². The molecule has 0 unspecified atom stereocenters. The van der Waals surface area contributed by atoms with E-state index in [4.69, 9.17) is 9.84 Å². The summed E-state index contributed by atoms with van der Waals surface area (Å²) >= 11 is 0. The third-order valence-electron chi connectivity index (χ3n) is 1.82. The number of carboxylic acid groups (broad SMARTS) is 1. The zero-order valence-corrected chi connectivity index (χ0v) is 8.64. The highest BCUT2D eigenvalue weighted by molar-refractivity contribution is 5.85. The van der Waals surface area contributed by atoms with Crippen LogP contribution in [0.2, 0.25) is 0 Å². The Balaban J connectivity index is 2.47. The number of nitrogens with zero attached hydrogens (tertiary/aromatic N) is 2. The van der Waals surface area contributed by atoms with E-state index in [1.807, 2.05) is 6.92 Å². The van der Waals surface area contributed by atoms with Crippen molar-refractivity contribution in [3.63, 3.8) is 0 Å². The third kappa shape index (κ3) is 4.03. The number of hydrogen-bond donors (Lipinski definition) is 1. The van der Waals surface area contributed by atoms with Crippen LogP contribution in [-0.4, -0.2) is 34.3 Å². The fourth-order valence-corrected chi connectivity index (χ4v) is 1.12. The lowest BCUT2D eigenvalue weighted by atomic mass is 10.3. The molecule has 0 spiro atoms. The van der Waals surface area contributed by atoms with Crippen molar-refractivity contribution in [2.45, 2.75) is 19.8 Å². The molecule has 0 saturated heterocycles. The minimum Gasteiger partial charge on any atom is -0.477 e. The molecule has 0 amide bonds. The van der Waals surface area contributed by atoms with Gasteiger partial charge in [0.1, 0.15) is 5.82 Å². The molecule has 1 heterocycles. The molecule has 0 aromatic carbocycles. The summed E-state index contributed by atoms with van der Waals surface area (Å²) in [6, 6.07) is 1.38. The standard InChI is InChI=1S/C10H14N2O3/c1-2-15-7-3-4-9-11-6-5-8(12-9)10(13)14/h5-6H,2-4,7H2,1H3,(H,13,14). The minimum absolute atomic E-state index is 0.0383. The maximum atomic E-state index is 10.6. The van der Waals surface area contributed by atoms with E-state index in [0.29, 0.717) is 25.5 Å². The molecule has 15 heavy (non-hydrogen) atoms. The molecule has 0 aliphatic rings. The van der Waals surface area contributed by atoms with Crippen LogP contribution in [0.5, 0.6) is 0 Å². The number of hydrogen-bond acceptors (Lipinski definition) is 4. The number of aryl methyl sites for hydroxylation is 1. The van der Waals surface area contributed by atoms with Crippen molar-refractivity contribution in [2.75, 3.05) is 13.2 Å². The molecule has 0 fully saturated rings. The van der Waals surface area contributed by atoms with Crippen LogP contribution in [0.15, 0.2) is 12.3 Å². The van der Waals surface area contributed by atoms with E-state index in [9.17, 15) is 4.79 Å². The second-order valence-corrected chi connectivity index (χ2v) is 2.96. The van der Waals surface area contributed by atoms with E-state index >= 15 is 0 Å². The van der Waals surface area contributed by atoms with Gasteiger partial charge in [-0.3, -0.25) is 0 Å². The van der Waals surface area contributed by atoms with Crippen molar-refractivity contribution in [3.8, 4) is 0 Å². The highest BCUT2D eigenvalue weighted by Gasteiger charge is 2.05. The van der Waals surface area contributed by atoms with Crippen LogP contribution in [-0.2, 0) is 11.2 Å². The number of carbonyl (C=O) groups is 1. The molecule has 0 radical (unpaired) electrons. The molecule has 1 aromatic heterocycles. The normalized spacial score (nSPS) is 10.2. The van der Waals surface area contributed by atoms with Gasteiger partial charge in [0.25, 0.3) is 0 Å². The van der Waals surface area contributed by atoms with Crippen molar-refractivity contribution in [2.24, 2.45) is 0 Å². The molecule has 0 saturated carbocycles. The summed E-state index contributed by atoms with van der Waals surface area (Å²) in [4.78, 5) is 18.5. The molecule has 1 rings (SSSR count). The summed E-state index contributed by atoms with van der Waals surface area (Å²) in [6.07, 6.45) is 2.91. The average molecular weight is 210 g/mol. The highest BCUT2D eigenvalue weighted by atomic mass is 16.5. The Morgan fingerprint density at radius 2 is 2.40 bits per heavy atom. The lowest BCUT2D eigenvalue weighted by Gasteiger charge is -2.01. The number of ether oxygens (including phenoxy) is 1. The van der Waals surface area contributed by atoms with Crippen LogP contribution in [0.25, 0.3) is 0 Å². The highest BCUT2D eigenvalue weighted by Crippen LogP contribution is 1.99. The molecule has 5 nitrogen and oxygen atoms in total. The van der Waals surface area contributed by atoms with E-state index in [2.05, 4.69) is 9.97 Å². The first kappa shape index (κ1) is 11.6. The van der Waals surface area contributed by atoms with Gasteiger partial charge in [0.2, 0.25) is 0 Å². The molecule has 0 atom stereocenters. The molecule has 1 aromatic rings. The summed E-state index contributed by atoms with van der Waals surface area (Å²) in [5, 5.41) is 8.70. The fourth-order valence-electron chi connectivity index (χ4n) is 1.12. The van der Waals surface area contributed by atoms with Crippen molar-refractivity contribution in [1.82, 2.24) is 9.97 Å². The SMILES string of the molecule is CCOCCCc1nccc(C(=O)O)n1. The third-order valence-corrected chi connectivity index (χ3v) is 1.82. The Labute approximate surface area is 88.1 Å². The maximum Gasteiger partial charge on any atom is 0.354 e. The molecule has 0 bridgehead atoms. The Morgan fingerprint density at radius 1 is 1.60 bits per heavy atom. The summed E-state index contributed by atoms with van der Waals surface area (Å²) in [6.45, 7) is 3.27. The van der Waals surface area contributed by atoms with Gasteiger partial charge in [0, 0.05) is 25.8 Å². The van der Waals surface area contributed by atoms with Crippen LogP contribution in [0, 0.1) is 0 Å². The van der Waals surface area contributed by atoms with Crippen molar-refractivity contribution >= 4 is 5.97 Å². The largest absolute Gasteiger partial charge is 0.477 e.